The number of hydrogen-bond acceptors (Lipinski definition) is 2. The third-order valence-electron chi connectivity index (χ3n) is 4.09. The molecular formula is C13H23F3OS. The van der Waals surface area contributed by atoms with Crippen LogP contribution in [-0.2, 0) is 0 Å². The fourth-order valence-corrected chi connectivity index (χ4v) is 3.74. The molecule has 0 aliphatic heterocycles. The molecule has 3 unspecified atom stereocenters. The van der Waals surface area contributed by atoms with E-state index in [0.29, 0.717) is 12.3 Å². The maximum Gasteiger partial charge on any atom is 0.441 e. The zero-order chi connectivity index (χ0) is 14.0. The van der Waals surface area contributed by atoms with Gasteiger partial charge in [-0.3, -0.25) is 0 Å². The van der Waals surface area contributed by atoms with Gasteiger partial charge >= 0.3 is 5.51 Å². The largest absolute Gasteiger partial charge is 0.441 e. The van der Waals surface area contributed by atoms with Crippen LogP contribution in [0.2, 0.25) is 0 Å². The lowest BCUT2D eigenvalue weighted by molar-refractivity contribution is -0.0335. The zero-order valence-electron chi connectivity index (χ0n) is 11.3. The molecule has 0 bridgehead atoms. The van der Waals surface area contributed by atoms with Crippen molar-refractivity contribution >= 4 is 11.8 Å². The van der Waals surface area contributed by atoms with E-state index in [1.165, 1.54) is 0 Å². The maximum atomic E-state index is 12.1. The molecule has 0 aromatic rings. The van der Waals surface area contributed by atoms with Crippen molar-refractivity contribution in [3.63, 3.8) is 0 Å². The highest BCUT2D eigenvalue weighted by Gasteiger charge is 2.38. The summed E-state index contributed by atoms with van der Waals surface area (Å²) in [6.45, 7) is 6.08. The molecule has 1 N–H and O–H groups in total. The first-order chi connectivity index (χ1) is 8.12. The molecule has 3 atom stereocenters. The summed E-state index contributed by atoms with van der Waals surface area (Å²) in [6.07, 6.45) is 2.90. The number of alkyl halides is 3. The van der Waals surface area contributed by atoms with Crippen molar-refractivity contribution in [3.05, 3.63) is 0 Å². The lowest BCUT2D eigenvalue weighted by Crippen LogP contribution is -2.39. The van der Waals surface area contributed by atoms with Crippen molar-refractivity contribution in [1.82, 2.24) is 0 Å². The summed E-state index contributed by atoms with van der Waals surface area (Å²) in [5.41, 5.74) is -4.37. The van der Waals surface area contributed by atoms with Crippen molar-refractivity contribution in [2.24, 2.45) is 17.3 Å². The molecule has 1 saturated carbocycles. The molecule has 0 spiro atoms. The van der Waals surface area contributed by atoms with E-state index in [0.717, 1.165) is 19.3 Å². The average Bonchev–Trinajstić information content (AvgIpc) is 2.13. The zero-order valence-corrected chi connectivity index (χ0v) is 12.1. The van der Waals surface area contributed by atoms with Gasteiger partial charge in [0.05, 0.1) is 6.10 Å². The van der Waals surface area contributed by atoms with Gasteiger partial charge in [0.2, 0.25) is 0 Å². The predicted octanol–water partition coefficient (Wildman–Crippen LogP) is 4.45. The van der Waals surface area contributed by atoms with Crippen molar-refractivity contribution in [2.75, 3.05) is 5.75 Å². The second-order valence-electron chi connectivity index (χ2n) is 6.12. The maximum absolute atomic E-state index is 12.1. The lowest BCUT2D eigenvalue weighted by Gasteiger charge is -2.42. The summed E-state index contributed by atoms with van der Waals surface area (Å²) in [5.74, 6) is 0.731. The van der Waals surface area contributed by atoms with E-state index in [4.69, 9.17) is 0 Å². The Morgan fingerprint density at radius 1 is 1.22 bits per heavy atom. The Kier molecular flexibility index (Phi) is 5.42. The number of aliphatic hydroxyl groups excluding tert-OH is 1. The Hall–Kier alpha value is 0.1000. The molecule has 1 aliphatic carbocycles. The Bertz CT molecular complexity index is 265. The molecule has 0 saturated heterocycles. The van der Waals surface area contributed by atoms with E-state index in [-0.39, 0.29) is 35.0 Å². The average molecular weight is 284 g/mol. The minimum atomic E-state index is -4.14. The van der Waals surface area contributed by atoms with Crippen LogP contribution < -0.4 is 0 Å². The molecule has 0 amide bonds. The van der Waals surface area contributed by atoms with Crippen LogP contribution in [0.15, 0.2) is 0 Å². The SMILES string of the molecule is CC1CCC(C(C)(C)CCSC(F)(F)F)C(O)C1. The predicted molar refractivity (Wildman–Crippen MR) is 69.4 cm³/mol. The van der Waals surface area contributed by atoms with Gasteiger partial charge in [-0.1, -0.05) is 39.0 Å². The first kappa shape index (κ1) is 16.2. The third kappa shape index (κ3) is 5.00. The van der Waals surface area contributed by atoms with Gasteiger partial charge in [-0.25, -0.2) is 0 Å². The van der Waals surface area contributed by atoms with Crippen LogP contribution >= 0.6 is 11.8 Å². The highest BCUT2D eigenvalue weighted by atomic mass is 32.2. The molecule has 1 nitrogen and oxygen atoms in total. The van der Waals surface area contributed by atoms with Gasteiger partial charge < -0.3 is 5.11 Å². The molecule has 0 aromatic carbocycles. The highest BCUT2D eigenvalue weighted by molar-refractivity contribution is 8.00. The summed E-state index contributed by atoms with van der Waals surface area (Å²) in [6, 6.07) is 0. The van der Waals surface area contributed by atoms with Crippen LogP contribution in [0.1, 0.15) is 46.5 Å². The Balaban J connectivity index is 2.47. The van der Waals surface area contributed by atoms with Crippen molar-refractivity contribution < 1.29 is 18.3 Å². The summed E-state index contributed by atoms with van der Waals surface area (Å²) in [5, 5.41) is 10.1. The number of thioether (sulfide) groups is 1. The minimum absolute atomic E-state index is 0.0446. The second kappa shape index (κ2) is 6.04. The molecule has 18 heavy (non-hydrogen) atoms. The third-order valence-corrected chi connectivity index (χ3v) is 4.83. The molecule has 0 radical (unpaired) electrons. The molecule has 0 aromatic heterocycles. The first-order valence-corrected chi connectivity index (χ1v) is 7.49. The van der Waals surface area contributed by atoms with Gasteiger partial charge in [0.1, 0.15) is 0 Å². The van der Waals surface area contributed by atoms with Gasteiger partial charge in [0.25, 0.3) is 0 Å². The van der Waals surface area contributed by atoms with E-state index >= 15 is 0 Å². The number of aliphatic hydroxyl groups is 1. The molecule has 1 rings (SSSR count). The minimum Gasteiger partial charge on any atom is -0.393 e. The first-order valence-electron chi connectivity index (χ1n) is 6.50. The molecule has 0 heterocycles. The van der Waals surface area contributed by atoms with Gasteiger partial charge in [-0.2, -0.15) is 13.2 Å². The molecular weight excluding hydrogens is 261 g/mol. The topological polar surface area (TPSA) is 20.2 Å². The molecule has 108 valence electrons. The summed E-state index contributed by atoms with van der Waals surface area (Å²) in [7, 11) is 0. The van der Waals surface area contributed by atoms with Crippen LogP contribution in [0.25, 0.3) is 0 Å². The summed E-state index contributed by atoms with van der Waals surface area (Å²) >= 11 is 0.0446. The Labute approximate surface area is 112 Å². The fourth-order valence-electron chi connectivity index (χ4n) is 2.88. The number of rotatable bonds is 4. The van der Waals surface area contributed by atoms with Gasteiger partial charge in [-0.15, -0.1) is 0 Å². The van der Waals surface area contributed by atoms with Gasteiger partial charge in [-0.05, 0) is 36.5 Å². The molecule has 5 heteroatoms. The van der Waals surface area contributed by atoms with E-state index < -0.39 is 5.51 Å². The normalized spacial score (nSPS) is 30.5. The van der Waals surface area contributed by atoms with Crippen LogP contribution in [0, 0.1) is 17.3 Å². The van der Waals surface area contributed by atoms with Crippen molar-refractivity contribution in [3.8, 4) is 0 Å². The fraction of sp³-hybridized carbons (Fsp3) is 1.00. The quantitative estimate of drug-likeness (QED) is 0.823. The Morgan fingerprint density at radius 2 is 1.83 bits per heavy atom. The highest BCUT2D eigenvalue weighted by Crippen LogP contribution is 2.44. The van der Waals surface area contributed by atoms with E-state index in [9.17, 15) is 18.3 Å². The van der Waals surface area contributed by atoms with E-state index in [1.54, 1.807) is 0 Å². The summed E-state index contributed by atoms with van der Waals surface area (Å²) in [4.78, 5) is 0. The number of hydrogen-bond donors (Lipinski definition) is 1. The van der Waals surface area contributed by atoms with Crippen LogP contribution in [-0.4, -0.2) is 22.5 Å². The van der Waals surface area contributed by atoms with Gasteiger partial charge in [0, 0.05) is 5.75 Å². The van der Waals surface area contributed by atoms with Gasteiger partial charge in [0.15, 0.2) is 0 Å². The van der Waals surface area contributed by atoms with E-state index in [1.807, 2.05) is 13.8 Å². The van der Waals surface area contributed by atoms with Crippen LogP contribution in [0.4, 0.5) is 13.2 Å². The number of halogens is 3. The smallest absolute Gasteiger partial charge is 0.393 e. The molecule has 1 fully saturated rings. The van der Waals surface area contributed by atoms with Crippen LogP contribution in [0.3, 0.4) is 0 Å². The lowest BCUT2D eigenvalue weighted by atomic mass is 9.66. The molecule has 1 aliphatic rings. The standard InChI is InChI=1S/C13H23F3OS/c1-9-4-5-10(11(17)8-9)12(2,3)6-7-18-13(14,15)16/h9-11,17H,4-8H2,1-3H3. The van der Waals surface area contributed by atoms with Crippen molar-refractivity contribution in [1.29, 1.82) is 0 Å². The Morgan fingerprint density at radius 3 is 2.33 bits per heavy atom. The van der Waals surface area contributed by atoms with E-state index in [2.05, 4.69) is 6.92 Å². The monoisotopic (exact) mass is 284 g/mol. The van der Waals surface area contributed by atoms with Crippen molar-refractivity contribution in [2.45, 2.75) is 58.1 Å². The van der Waals surface area contributed by atoms with Crippen LogP contribution in [0.5, 0.6) is 0 Å². The second-order valence-corrected chi connectivity index (χ2v) is 7.28. The summed E-state index contributed by atoms with van der Waals surface area (Å²) < 4.78 is 36.3.